The zero-order valence-electron chi connectivity index (χ0n) is 22.5. The number of carbonyl (C=O) groups excluding carboxylic acids is 2. The van der Waals surface area contributed by atoms with Gasteiger partial charge in [0.15, 0.2) is 0 Å². The summed E-state index contributed by atoms with van der Waals surface area (Å²) in [5.74, 6) is 6.06. The Kier molecular flexibility index (Phi) is 9.13. The first-order valence-corrected chi connectivity index (χ1v) is 12.7. The summed E-state index contributed by atoms with van der Waals surface area (Å²) in [4.78, 5) is 32.5. The van der Waals surface area contributed by atoms with Crippen LogP contribution in [0.15, 0.2) is 41.9 Å². The van der Waals surface area contributed by atoms with Crippen LogP contribution in [0.2, 0.25) is 0 Å². The van der Waals surface area contributed by atoms with Gasteiger partial charge in [0.25, 0.3) is 5.91 Å². The zero-order valence-corrected chi connectivity index (χ0v) is 22.5. The molecule has 1 aliphatic rings. The van der Waals surface area contributed by atoms with Crippen LogP contribution in [0.4, 0.5) is 0 Å². The molecule has 2 unspecified atom stereocenters. The maximum Gasteiger partial charge on any atom is 0.255 e. The fourth-order valence-corrected chi connectivity index (χ4v) is 4.99. The highest BCUT2D eigenvalue weighted by atomic mass is 16.2. The Morgan fingerprint density at radius 3 is 2.68 bits per heavy atom. The van der Waals surface area contributed by atoms with Gasteiger partial charge in [0.05, 0.1) is 16.8 Å². The van der Waals surface area contributed by atoms with E-state index in [0.29, 0.717) is 29.6 Å². The minimum absolute atomic E-state index is 0.0200. The van der Waals surface area contributed by atoms with Crippen LogP contribution in [0.5, 0.6) is 0 Å². The number of aromatic nitrogens is 1. The van der Waals surface area contributed by atoms with Crippen molar-refractivity contribution < 1.29 is 9.59 Å². The summed E-state index contributed by atoms with van der Waals surface area (Å²) in [6.45, 7) is 14.1. The number of hydrogen-bond donors (Lipinski definition) is 2. The van der Waals surface area contributed by atoms with Crippen LogP contribution < -0.4 is 21.6 Å². The van der Waals surface area contributed by atoms with Gasteiger partial charge in [0, 0.05) is 30.7 Å². The average molecular weight is 500 g/mol. The number of nitrogens with zero attached hydrogens (tertiary/aromatic N) is 3. The normalized spacial score (nSPS) is 18.5. The first-order chi connectivity index (χ1) is 17.8. The van der Waals surface area contributed by atoms with Crippen molar-refractivity contribution in [1.82, 2.24) is 14.8 Å². The number of aryl methyl sites for hydroxylation is 1. The summed E-state index contributed by atoms with van der Waals surface area (Å²) in [5, 5.41) is 4.45. The number of benzene rings is 1. The number of hydrogen-bond acceptors (Lipinski definition) is 4. The molecule has 1 aliphatic heterocycles. The highest BCUT2D eigenvalue weighted by molar-refractivity contribution is 5.97. The molecule has 1 fully saturated rings. The molecule has 37 heavy (non-hydrogen) atoms. The van der Waals surface area contributed by atoms with Crippen LogP contribution in [0, 0.1) is 18.8 Å². The van der Waals surface area contributed by atoms with E-state index < -0.39 is 0 Å². The first-order valence-electron chi connectivity index (χ1n) is 12.7. The zero-order chi connectivity index (χ0) is 27.1. The van der Waals surface area contributed by atoms with E-state index in [9.17, 15) is 9.59 Å². The van der Waals surface area contributed by atoms with E-state index in [4.69, 9.17) is 5.73 Å². The van der Waals surface area contributed by atoms with Crippen molar-refractivity contribution >= 4 is 29.9 Å². The lowest BCUT2D eigenvalue weighted by Gasteiger charge is -2.19. The van der Waals surface area contributed by atoms with Crippen molar-refractivity contribution in [3.63, 3.8) is 0 Å². The van der Waals surface area contributed by atoms with Crippen LogP contribution in [0.3, 0.4) is 0 Å². The van der Waals surface area contributed by atoms with Gasteiger partial charge < -0.3 is 20.5 Å². The molecule has 3 N–H and O–H groups in total. The second kappa shape index (κ2) is 12.3. The Morgan fingerprint density at radius 2 is 2.05 bits per heavy atom. The van der Waals surface area contributed by atoms with E-state index in [0.717, 1.165) is 29.3 Å². The van der Waals surface area contributed by atoms with Crippen molar-refractivity contribution in [2.24, 2.45) is 10.7 Å². The monoisotopic (exact) mass is 499 g/mol. The van der Waals surface area contributed by atoms with Gasteiger partial charge in [-0.3, -0.25) is 9.59 Å². The summed E-state index contributed by atoms with van der Waals surface area (Å²) < 4.78 is 2.09. The molecule has 1 saturated heterocycles. The molecule has 2 aromatic rings. The molecule has 0 aliphatic carbocycles. The quantitative estimate of drug-likeness (QED) is 0.349. The Balaban J connectivity index is 2.27. The number of amides is 2. The second-order valence-electron chi connectivity index (χ2n) is 9.16. The number of likely N-dealkylation sites (tertiary alicyclic amines) is 1. The number of nitrogens with one attached hydrogen (secondary N) is 1. The molecule has 3 rings (SSSR count). The summed E-state index contributed by atoms with van der Waals surface area (Å²) in [6, 6.07) is 7.89. The highest BCUT2D eigenvalue weighted by Crippen LogP contribution is 2.28. The van der Waals surface area contributed by atoms with Crippen LogP contribution in [-0.4, -0.2) is 40.1 Å². The standard InChI is InChI=1S/C30H37N5O2/c1-7-13-24-27(29(31)32-10-4)28(30(37)33-18-22-16-12-11-15-20(22)5)25(14-8-2)35(24)23-17-21(6)34(19-23)26(36)9-3/h9-13,15-16,21,23H,3,7,17-19,31H2,1-2,4-6H3,(H,33,37)/b24-13-,29-27+,32-10?. The van der Waals surface area contributed by atoms with E-state index in [1.807, 2.05) is 49.9 Å². The SMILES string of the molecule is C=CC(=O)N1CC(n2c(C#CC)c(C(=O)NCc3ccccc3C)c(=C(\N)N=CC)/c2=C/CC)CC1C. The third kappa shape index (κ3) is 5.69. The van der Waals surface area contributed by atoms with E-state index >= 15 is 0 Å². The van der Waals surface area contributed by atoms with Gasteiger partial charge in [-0.1, -0.05) is 49.8 Å². The van der Waals surface area contributed by atoms with Gasteiger partial charge in [0.2, 0.25) is 5.91 Å². The Bertz CT molecular complexity index is 1400. The van der Waals surface area contributed by atoms with Crippen molar-refractivity contribution in [2.75, 3.05) is 6.54 Å². The number of carbonyl (C=O) groups is 2. The van der Waals surface area contributed by atoms with E-state index in [2.05, 4.69) is 39.4 Å². The van der Waals surface area contributed by atoms with Crippen LogP contribution >= 0.6 is 0 Å². The number of aliphatic imine (C=N–C) groups is 1. The first kappa shape index (κ1) is 27.5. The second-order valence-corrected chi connectivity index (χ2v) is 9.16. The fourth-order valence-electron chi connectivity index (χ4n) is 4.99. The van der Waals surface area contributed by atoms with Gasteiger partial charge in [-0.05, 0) is 63.7 Å². The lowest BCUT2D eigenvalue weighted by molar-refractivity contribution is -0.126. The minimum atomic E-state index is -0.264. The van der Waals surface area contributed by atoms with Crippen molar-refractivity contribution in [3.8, 4) is 11.8 Å². The molecule has 2 atom stereocenters. The van der Waals surface area contributed by atoms with Gasteiger partial charge in [0.1, 0.15) is 11.5 Å². The molecule has 0 saturated carbocycles. The van der Waals surface area contributed by atoms with Crippen LogP contribution in [0.25, 0.3) is 11.9 Å². The molecule has 0 radical (unpaired) electrons. The molecular weight excluding hydrogens is 462 g/mol. The van der Waals surface area contributed by atoms with Crippen LogP contribution in [0.1, 0.15) is 73.8 Å². The summed E-state index contributed by atoms with van der Waals surface area (Å²) in [7, 11) is 0. The number of rotatable bonds is 7. The molecule has 2 amide bonds. The summed E-state index contributed by atoms with van der Waals surface area (Å²) in [5.41, 5.74) is 9.61. The Hall–Kier alpha value is -4.05. The summed E-state index contributed by atoms with van der Waals surface area (Å²) >= 11 is 0. The molecule has 194 valence electrons. The van der Waals surface area contributed by atoms with Gasteiger partial charge in [-0.2, -0.15) is 0 Å². The topological polar surface area (TPSA) is 92.7 Å². The smallest absolute Gasteiger partial charge is 0.255 e. The number of nitrogens with two attached hydrogens (primary N) is 1. The van der Waals surface area contributed by atoms with Gasteiger partial charge >= 0.3 is 0 Å². The molecule has 2 heterocycles. The van der Waals surface area contributed by atoms with Crippen LogP contribution in [-0.2, 0) is 11.3 Å². The third-order valence-corrected chi connectivity index (χ3v) is 6.71. The fraction of sp³-hybridized carbons (Fsp3) is 0.367. The van der Waals surface area contributed by atoms with Gasteiger partial charge in [-0.25, -0.2) is 4.99 Å². The molecule has 0 bridgehead atoms. The Morgan fingerprint density at radius 1 is 1.32 bits per heavy atom. The maximum absolute atomic E-state index is 13.8. The lowest BCUT2D eigenvalue weighted by atomic mass is 10.1. The highest BCUT2D eigenvalue weighted by Gasteiger charge is 2.35. The summed E-state index contributed by atoms with van der Waals surface area (Å²) in [6.07, 6.45) is 6.45. The molecule has 7 heteroatoms. The molecule has 1 aromatic heterocycles. The molecular formula is C30H37N5O2. The van der Waals surface area contributed by atoms with E-state index in [1.165, 1.54) is 6.08 Å². The largest absolute Gasteiger partial charge is 0.383 e. The molecule has 1 aromatic carbocycles. The van der Waals surface area contributed by atoms with E-state index in [1.54, 1.807) is 20.1 Å². The molecule has 0 spiro atoms. The van der Waals surface area contributed by atoms with Crippen molar-refractivity contribution in [3.05, 3.63) is 69.9 Å². The lowest BCUT2D eigenvalue weighted by Crippen LogP contribution is -2.38. The van der Waals surface area contributed by atoms with Gasteiger partial charge in [-0.15, -0.1) is 0 Å². The third-order valence-electron chi connectivity index (χ3n) is 6.71. The maximum atomic E-state index is 13.8. The predicted octanol–water partition coefficient (Wildman–Crippen LogP) is 2.75. The van der Waals surface area contributed by atoms with Crippen molar-refractivity contribution in [2.45, 2.75) is 66.1 Å². The van der Waals surface area contributed by atoms with E-state index in [-0.39, 0.29) is 29.7 Å². The van der Waals surface area contributed by atoms with Crippen molar-refractivity contribution in [1.29, 1.82) is 0 Å². The minimum Gasteiger partial charge on any atom is -0.383 e. The Labute approximate surface area is 219 Å². The molecule has 7 nitrogen and oxygen atoms in total. The average Bonchev–Trinajstić information content (AvgIpc) is 3.41. The predicted molar refractivity (Wildman–Crippen MR) is 150 cm³/mol.